The minimum Gasteiger partial charge on any atom is -0.491 e. The van der Waals surface area contributed by atoms with E-state index in [0.29, 0.717) is 24.0 Å². The molecule has 1 unspecified atom stereocenters. The van der Waals surface area contributed by atoms with Crippen molar-refractivity contribution in [1.29, 1.82) is 0 Å². The third-order valence-electron chi connectivity index (χ3n) is 3.26. The molecule has 2 aromatic rings. The lowest BCUT2D eigenvalue weighted by Crippen LogP contribution is -2.31. The number of amides is 2. The number of hydrogen-bond donors (Lipinski definition) is 2. The Labute approximate surface area is 137 Å². The highest BCUT2D eigenvalue weighted by Gasteiger charge is 2.11. The van der Waals surface area contributed by atoms with Gasteiger partial charge in [0.25, 0.3) is 0 Å². The number of pyridine rings is 1. The van der Waals surface area contributed by atoms with Crippen molar-refractivity contribution in [2.45, 2.75) is 26.8 Å². The number of aromatic nitrogens is 1. The quantitative estimate of drug-likeness (QED) is 0.847. The fourth-order valence-corrected chi connectivity index (χ4v) is 2.04. The number of carbonyl (C=O) groups is 1. The minimum absolute atomic E-state index is 0.109. The molecule has 0 radical (unpaired) electrons. The molecule has 0 saturated heterocycles. The molecule has 2 rings (SSSR count). The zero-order valence-electron chi connectivity index (χ0n) is 13.7. The fraction of sp³-hybridized carbons (Fsp3) is 0.333. The van der Waals surface area contributed by atoms with Gasteiger partial charge in [0.05, 0.1) is 18.3 Å². The second kappa shape index (κ2) is 8.17. The van der Waals surface area contributed by atoms with Crippen molar-refractivity contribution in [2.75, 3.05) is 11.9 Å². The average Bonchev–Trinajstić information content (AvgIpc) is 2.54. The van der Waals surface area contributed by atoms with Crippen LogP contribution in [0.2, 0.25) is 0 Å². The third-order valence-corrected chi connectivity index (χ3v) is 3.26. The number of para-hydroxylation sites is 2. The van der Waals surface area contributed by atoms with E-state index in [4.69, 9.17) is 4.74 Å². The molecule has 2 amide bonds. The predicted molar refractivity (Wildman–Crippen MR) is 91.6 cm³/mol. The van der Waals surface area contributed by atoms with Crippen LogP contribution in [0.1, 0.15) is 32.4 Å². The summed E-state index contributed by atoms with van der Waals surface area (Å²) in [5, 5.41) is 5.75. The summed E-state index contributed by atoms with van der Waals surface area (Å²) in [4.78, 5) is 16.2. The number of ether oxygens (including phenoxy) is 1. The molecule has 0 aliphatic rings. The van der Waals surface area contributed by atoms with Gasteiger partial charge in [0.2, 0.25) is 0 Å². The summed E-state index contributed by atoms with van der Waals surface area (Å²) in [5.74, 6) is 1.09. The SMILES string of the molecule is CC(C)COc1ccccc1NC(=O)NC(C)c1ccncc1. The molecule has 1 aromatic carbocycles. The van der Waals surface area contributed by atoms with Gasteiger partial charge in [-0.25, -0.2) is 4.79 Å². The van der Waals surface area contributed by atoms with Crippen molar-refractivity contribution in [1.82, 2.24) is 10.3 Å². The van der Waals surface area contributed by atoms with Crippen molar-refractivity contribution < 1.29 is 9.53 Å². The van der Waals surface area contributed by atoms with E-state index in [2.05, 4.69) is 29.5 Å². The maximum Gasteiger partial charge on any atom is 0.319 e. The van der Waals surface area contributed by atoms with E-state index in [9.17, 15) is 4.79 Å². The maximum absolute atomic E-state index is 12.2. The van der Waals surface area contributed by atoms with E-state index in [1.54, 1.807) is 12.4 Å². The molecule has 0 saturated carbocycles. The number of nitrogens with one attached hydrogen (secondary N) is 2. The number of benzene rings is 1. The molecule has 5 nitrogen and oxygen atoms in total. The lowest BCUT2D eigenvalue weighted by molar-refractivity contribution is 0.248. The van der Waals surface area contributed by atoms with Crippen LogP contribution < -0.4 is 15.4 Å². The summed E-state index contributed by atoms with van der Waals surface area (Å²) in [6.07, 6.45) is 3.42. The van der Waals surface area contributed by atoms with E-state index in [1.165, 1.54) is 0 Å². The summed E-state index contributed by atoms with van der Waals surface area (Å²) in [6, 6.07) is 10.8. The smallest absolute Gasteiger partial charge is 0.319 e. The number of anilines is 1. The first-order chi connectivity index (χ1) is 11.1. The van der Waals surface area contributed by atoms with E-state index in [1.807, 2.05) is 43.3 Å². The topological polar surface area (TPSA) is 63.2 Å². The Morgan fingerprint density at radius 2 is 1.83 bits per heavy atom. The van der Waals surface area contributed by atoms with Gasteiger partial charge in [0, 0.05) is 12.4 Å². The Bertz CT molecular complexity index is 629. The van der Waals surface area contributed by atoms with Crippen LogP contribution in [0.25, 0.3) is 0 Å². The Kier molecular flexibility index (Phi) is 5.97. The molecule has 0 spiro atoms. The largest absolute Gasteiger partial charge is 0.491 e. The van der Waals surface area contributed by atoms with Gasteiger partial charge in [-0.3, -0.25) is 4.98 Å². The molecule has 5 heteroatoms. The molecule has 2 N–H and O–H groups in total. The van der Waals surface area contributed by atoms with Gasteiger partial charge in [-0.05, 0) is 42.7 Å². The Morgan fingerprint density at radius 3 is 2.52 bits per heavy atom. The molecule has 1 aromatic heterocycles. The second-order valence-corrected chi connectivity index (χ2v) is 5.80. The number of hydrogen-bond acceptors (Lipinski definition) is 3. The zero-order chi connectivity index (χ0) is 16.7. The molecule has 1 atom stereocenters. The highest BCUT2D eigenvalue weighted by molar-refractivity contribution is 5.91. The normalized spacial score (nSPS) is 11.8. The van der Waals surface area contributed by atoms with Gasteiger partial charge in [-0.2, -0.15) is 0 Å². The van der Waals surface area contributed by atoms with Crippen LogP contribution in [0.15, 0.2) is 48.8 Å². The number of rotatable bonds is 6. The van der Waals surface area contributed by atoms with Crippen LogP contribution in [0, 0.1) is 5.92 Å². The lowest BCUT2D eigenvalue weighted by atomic mass is 10.1. The average molecular weight is 313 g/mol. The maximum atomic E-state index is 12.2. The molecule has 23 heavy (non-hydrogen) atoms. The van der Waals surface area contributed by atoms with Gasteiger partial charge in [0.1, 0.15) is 5.75 Å². The van der Waals surface area contributed by atoms with Crippen LogP contribution >= 0.6 is 0 Å². The first kappa shape index (κ1) is 16.8. The van der Waals surface area contributed by atoms with Crippen molar-refractivity contribution >= 4 is 11.7 Å². The number of urea groups is 1. The monoisotopic (exact) mass is 313 g/mol. The van der Waals surface area contributed by atoms with Gasteiger partial charge < -0.3 is 15.4 Å². The lowest BCUT2D eigenvalue weighted by Gasteiger charge is -2.17. The molecule has 0 aliphatic heterocycles. The van der Waals surface area contributed by atoms with Crippen molar-refractivity contribution in [2.24, 2.45) is 5.92 Å². The molecule has 122 valence electrons. The third kappa shape index (κ3) is 5.29. The summed E-state index contributed by atoms with van der Waals surface area (Å²) < 4.78 is 5.74. The van der Waals surface area contributed by atoms with E-state index in [0.717, 1.165) is 5.56 Å². The zero-order valence-corrected chi connectivity index (χ0v) is 13.7. The summed E-state index contributed by atoms with van der Waals surface area (Å²) >= 11 is 0. The van der Waals surface area contributed by atoms with E-state index in [-0.39, 0.29) is 12.1 Å². The molecule has 0 bridgehead atoms. The van der Waals surface area contributed by atoms with Crippen LogP contribution in [0.5, 0.6) is 5.75 Å². The Hall–Kier alpha value is -2.56. The van der Waals surface area contributed by atoms with Gasteiger partial charge >= 0.3 is 6.03 Å². The molecular formula is C18H23N3O2. The molecule has 0 aliphatic carbocycles. The van der Waals surface area contributed by atoms with E-state index < -0.39 is 0 Å². The van der Waals surface area contributed by atoms with Crippen molar-refractivity contribution in [3.05, 3.63) is 54.4 Å². The first-order valence-corrected chi connectivity index (χ1v) is 7.75. The number of nitrogens with zero attached hydrogens (tertiary/aromatic N) is 1. The van der Waals surface area contributed by atoms with Gasteiger partial charge in [-0.15, -0.1) is 0 Å². The summed E-state index contributed by atoms with van der Waals surface area (Å²) in [5.41, 5.74) is 1.66. The second-order valence-electron chi connectivity index (χ2n) is 5.80. The summed E-state index contributed by atoms with van der Waals surface area (Å²) in [6.45, 7) is 6.70. The molecule has 1 heterocycles. The van der Waals surface area contributed by atoms with Crippen LogP contribution in [0.3, 0.4) is 0 Å². The van der Waals surface area contributed by atoms with Crippen molar-refractivity contribution in [3.63, 3.8) is 0 Å². The summed E-state index contributed by atoms with van der Waals surface area (Å²) in [7, 11) is 0. The standard InChI is InChI=1S/C18H23N3O2/c1-13(2)12-23-17-7-5-4-6-16(17)21-18(22)20-14(3)15-8-10-19-11-9-15/h4-11,13-14H,12H2,1-3H3,(H2,20,21,22). The molecule has 0 fully saturated rings. The van der Waals surface area contributed by atoms with Crippen LogP contribution in [-0.4, -0.2) is 17.6 Å². The fourth-order valence-electron chi connectivity index (χ4n) is 2.04. The van der Waals surface area contributed by atoms with Crippen LogP contribution in [0.4, 0.5) is 10.5 Å². The predicted octanol–water partition coefficient (Wildman–Crippen LogP) is 4.00. The van der Waals surface area contributed by atoms with Crippen molar-refractivity contribution in [3.8, 4) is 5.75 Å². The Morgan fingerprint density at radius 1 is 1.13 bits per heavy atom. The Balaban J connectivity index is 1.97. The van der Waals surface area contributed by atoms with Gasteiger partial charge in [0.15, 0.2) is 0 Å². The first-order valence-electron chi connectivity index (χ1n) is 7.75. The molecular weight excluding hydrogens is 290 g/mol. The van der Waals surface area contributed by atoms with E-state index >= 15 is 0 Å². The highest BCUT2D eigenvalue weighted by Crippen LogP contribution is 2.24. The van der Waals surface area contributed by atoms with Crippen LogP contribution in [-0.2, 0) is 0 Å². The minimum atomic E-state index is -0.269. The van der Waals surface area contributed by atoms with Gasteiger partial charge in [-0.1, -0.05) is 26.0 Å². The number of carbonyl (C=O) groups excluding carboxylic acids is 1. The highest BCUT2D eigenvalue weighted by atomic mass is 16.5.